The van der Waals surface area contributed by atoms with Crippen molar-refractivity contribution >= 4 is 22.6 Å². The quantitative estimate of drug-likeness (QED) is 0.779. The normalized spacial score (nSPS) is 20.0. The van der Waals surface area contributed by atoms with Crippen LogP contribution in [0.2, 0.25) is 0 Å². The molecule has 1 fully saturated rings. The summed E-state index contributed by atoms with van der Waals surface area (Å²) in [4.78, 5) is 4.50. The first-order valence-electron chi connectivity index (χ1n) is 7.06. The SMILES string of the molecule is COc1cc2c(cc1F)nc(CCl)n2C1C(C)(C)C1(C)C. The molecule has 0 aliphatic heterocycles. The maximum absolute atomic E-state index is 13.9. The van der Waals surface area contributed by atoms with Crippen LogP contribution in [-0.4, -0.2) is 16.7 Å². The van der Waals surface area contributed by atoms with E-state index in [2.05, 4.69) is 37.2 Å². The third kappa shape index (κ3) is 1.81. The van der Waals surface area contributed by atoms with Crippen LogP contribution in [0.5, 0.6) is 5.75 Å². The van der Waals surface area contributed by atoms with Crippen molar-refractivity contribution in [3.8, 4) is 5.75 Å². The fourth-order valence-corrected chi connectivity index (χ4v) is 3.68. The number of methoxy groups -OCH3 is 1. The van der Waals surface area contributed by atoms with Crippen LogP contribution in [0.15, 0.2) is 12.1 Å². The third-order valence-electron chi connectivity index (χ3n) is 5.36. The van der Waals surface area contributed by atoms with Gasteiger partial charge in [-0.25, -0.2) is 9.37 Å². The van der Waals surface area contributed by atoms with Crippen molar-refractivity contribution < 1.29 is 9.13 Å². The van der Waals surface area contributed by atoms with Crippen LogP contribution in [-0.2, 0) is 5.88 Å². The molecule has 0 amide bonds. The van der Waals surface area contributed by atoms with Gasteiger partial charge in [-0.1, -0.05) is 27.7 Å². The highest BCUT2D eigenvalue weighted by molar-refractivity contribution is 6.16. The van der Waals surface area contributed by atoms with Crippen LogP contribution in [0.3, 0.4) is 0 Å². The van der Waals surface area contributed by atoms with E-state index in [-0.39, 0.29) is 16.6 Å². The predicted octanol–water partition coefficient (Wildman–Crippen LogP) is 4.53. The van der Waals surface area contributed by atoms with Crippen LogP contribution in [0, 0.1) is 16.6 Å². The average Bonchev–Trinajstić information content (AvgIpc) is 2.70. The lowest BCUT2D eigenvalue weighted by atomic mass is 10.0. The van der Waals surface area contributed by atoms with Crippen LogP contribution >= 0.6 is 11.6 Å². The number of alkyl halides is 1. The summed E-state index contributed by atoms with van der Waals surface area (Å²) in [6, 6.07) is 3.43. The molecule has 2 aromatic rings. The van der Waals surface area contributed by atoms with Gasteiger partial charge in [0.05, 0.1) is 24.0 Å². The zero-order chi connectivity index (χ0) is 15.6. The lowest BCUT2D eigenvalue weighted by molar-refractivity contribution is 0.387. The summed E-state index contributed by atoms with van der Waals surface area (Å²) >= 11 is 6.07. The molecular weight excluding hydrogens is 291 g/mol. The average molecular weight is 311 g/mol. The minimum absolute atomic E-state index is 0.142. The van der Waals surface area contributed by atoms with Crippen molar-refractivity contribution in [1.82, 2.24) is 9.55 Å². The number of nitrogens with zero attached hydrogens (tertiary/aromatic N) is 2. The number of benzene rings is 1. The molecule has 0 bridgehead atoms. The Morgan fingerprint density at radius 2 is 1.90 bits per heavy atom. The zero-order valence-corrected chi connectivity index (χ0v) is 13.8. The summed E-state index contributed by atoms with van der Waals surface area (Å²) in [5.41, 5.74) is 1.79. The summed E-state index contributed by atoms with van der Waals surface area (Å²) in [7, 11) is 1.47. The summed E-state index contributed by atoms with van der Waals surface area (Å²) in [6.45, 7) is 8.95. The molecule has 3 rings (SSSR count). The Labute approximate surface area is 129 Å². The number of halogens is 2. The molecule has 1 aromatic carbocycles. The highest BCUT2D eigenvalue weighted by Crippen LogP contribution is 2.72. The largest absolute Gasteiger partial charge is 0.494 e. The molecule has 21 heavy (non-hydrogen) atoms. The van der Waals surface area contributed by atoms with Crippen LogP contribution in [0.25, 0.3) is 11.0 Å². The number of ether oxygens (including phenoxy) is 1. The van der Waals surface area contributed by atoms with Gasteiger partial charge in [0.25, 0.3) is 0 Å². The fraction of sp³-hybridized carbons (Fsp3) is 0.562. The lowest BCUT2D eigenvalue weighted by Gasteiger charge is -2.11. The Bertz CT molecular complexity index is 707. The zero-order valence-electron chi connectivity index (χ0n) is 13.0. The monoisotopic (exact) mass is 310 g/mol. The number of aromatic nitrogens is 2. The van der Waals surface area contributed by atoms with Gasteiger partial charge < -0.3 is 9.30 Å². The molecule has 1 aromatic heterocycles. The second-order valence-electron chi connectivity index (χ2n) is 6.85. The van der Waals surface area contributed by atoms with Gasteiger partial charge in [0.1, 0.15) is 5.82 Å². The molecule has 3 nitrogen and oxygen atoms in total. The molecule has 0 unspecified atom stereocenters. The van der Waals surface area contributed by atoms with Crippen LogP contribution in [0.1, 0.15) is 39.6 Å². The minimum Gasteiger partial charge on any atom is -0.494 e. The van der Waals surface area contributed by atoms with Gasteiger partial charge >= 0.3 is 0 Å². The van der Waals surface area contributed by atoms with Crippen molar-refractivity contribution in [3.05, 3.63) is 23.8 Å². The van der Waals surface area contributed by atoms with E-state index in [4.69, 9.17) is 16.3 Å². The van der Waals surface area contributed by atoms with E-state index in [1.807, 2.05) is 0 Å². The van der Waals surface area contributed by atoms with E-state index in [1.165, 1.54) is 13.2 Å². The van der Waals surface area contributed by atoms with E-state index in [0.717, 1.165) is 11.3 Å². The Balaban J connectivity index is 2.26. The van der Waals surface area contributed by atoms with Crippen molar-refractivity contribution in [2.24, 2.45) is 10.8 Å². The molecule has 1 saturated carbocycles. The molecule has 0 radical (unpaired) electrons. The number of hydrogen-bond donors (Lipinski definition) is 0. The Morgan fingerprint density at radius 1 is 1.29 bits per heavy atom. The van der Waals surface area contributed by atoms with E-state index in [1.54, 1.807) is 6.07 Å². The van der Waals surface area contributed by atoms with Gasteiger partial charge in [-0.15, -0.1) is 11.6 Å². The number of fused-ring (bicyclic) bond motifs is 1. The molecule has 0 saturated heterocycles. The maximum atomic E-state index is 13.9. The second kappa shape index (κ2) is 4.35. The third-order valence-corrected chi connectivity index (χ3v) is 5.60. The predicted molar refractivity (Wildman–Crippen MR) is 82.4 cm³/mol. The summed E-state index contributed by atoms with van der Waals surface area (Å²) in [5, 5.41) is 0. The van der Waals surface area contributed by atoms with Crippen molar-refractivity contribution in [2.45, 2.75) is 39.6 Å². The van der Waals surface area contributed by atoms with Crippen LogP contribution < -0.4 is 4.74 Å². The Kier molecular flexibility index (Phi) is 3.04. The Hall–Kier alpha value is -1.29. The molecule has 1 aliphatic carbocycles. The Morgan fingerprint density at radius 3 is 2.38 bits per heavy atom. The lowest BCUT2D eigenvalue weighted by Crippen LogP contribution is -2.05. The molecule has 114 valence electrons. The second-order valence-corrected chi connectivity index (χ2v) is 7.12. The van der Waals surface area contributed by atoms with Gasteiger partial charge in [0.15, 0.2) is 11.6 Å². The number of imidazole rings is 1. The van der Waals surface area contributed by atoms with E-state index in [9.17, 15) is 4.39 Å². The molecule has 1 heterocycles. The van der Waals surface area contributed by atoms with Crippen molar-refractivity contribution in [3.63, 3.8) is 0 Å². The van der Waals surface area contributed by atoms with Gasteiger partial charge in [0.2, 0.25) is 0 Å². The molecule has 0 spiro atoms. The first-order chi connectivity index (χ1) is 9.75. The van der Waals surface area contributed by atoms with Gasteiger partial charge in [-0.05, 0) is 10.8 Å². The first-order valence-corrected chi connectivity index (χ1v) is 7.59. The molecule has 0 atom stereocenters. The maximum Gasteiger partial charge on any atom is 0.167 e. The molecule has 1 aliphatic rings. The topological polar surface area (TPSA) is 27.1 Å². The highest BCUT2D eigenvalue weighted by atomic mass is 35.5. The minimum atomic E-state index is -0.398. The summed E-state index contributed by atoms with van der Waals surface area (Å²) in [6.07, 6.45) is 0. The smallest absolute Gasteiger partial charge is 0.167 e. The number of hydrogen-bond acceptors (Lipinski definition) is 2. The molecular formula is C16H20ClFN2O. The highest BCUT2D eigenvalue weighted by Gasteiger charge is 2.66. The van der Waals surface area contributed by atoms with Gasteiger partial charge in [-0.3, -0.25) is 0 Å². The van der Waals surface area contributed by atoms with Crippen molar-refractivity contribution in [1.29, 1.82) is 0 Å². The summed E-state index contributed by atoms with van der Waals surface area (Å²) < 4.78 is 21.1. The standard InChI is InChI=1S/C16H20ClFN2O/c1-15(2)14(16(15,3)4)20-11-7-12(21-5)9(18)6-10(11)19-13(20)8-17/h6-7,14H,8H2,1-5H3. The van der Waals surface area contributed by atoms with Gasteiger partial charge in [-0.2, -0.15) is 0 Å². The fourth-order valence-electron chi connectivity index (χ4n) is 3.49. The van der Waals surface area contributed by atoms with E-state index in [0.29, 0.717) is 17.4 Å². The molecule has 5 heteroatoms. The first kappa shape index (κ1) is 14.6. The number of rotatable bonds is 3. The van der Waals surface area contributed by atoms with Gasteiger partial charge in [0, 0.05) is 18.2 Å². The van der Waals surface area contributed by atoms with E-state index < -0.39 is 5.82 Å². The molecule has 0 N–H and O–H groups in total. The van der Waals surface area contributed by atoms with E-state index >= 15 is 0 Å². The summed E-state index contributed by atoms with van der Waals surface area (Å²) in [5.74, 6) is 0.926. The van der Waals surface area contributed by atoms with Crippen LogP contribution in [0.4, 0.5) is 4.39 Å². The van der Waals surface area contributed by atoms with Crippen molar-refractivity contribution in [2.75, 3.05) is 7.11 Å².